The fourth-order valence-corrected chi connectivity index (χ4v) is 2.71. The van der Waals surface area contributed by atoms with Crippen LogP contribution in [0.3, 0.4) is 0 Å². The molecule has 0 saturated carbocycles. The third-order valence-electron chi connectivity index (χ3n) is 3.48. The summed E-state index contributed by atoms with van der Waals surface area (Å²) < 4.78 is 6.30. The number of rotatable bonds is 4. The first kappa shape index (κ1) is 19.4. The average molecular weight is 470 g/mol. The standard InChI is InChI=1S/C18H16IN3O2.ClH/c1-3-24-18(23)15-10-20-17-14(9-4-11(2)21-17)16(15)22-13-7-5-12(19)6-8-13;/h4-10H,3H2,1-2H3,(H,20,21,22);1H. The number of carbonyl (C=O) groups excluding carboxylic acids is 1. The quantitative estimate of drug-likeness (QED) is 0.436. The summed E-state index contributed by atoms with van der Waals surface area (Å²) in [4.78, 5) is 21.0. The Labute approximate surface area is 165 Å². The van der Waals surface area contributed by atoms with Gasteiger partial charge >= 0.3 is 5.97 Å². The van der Waals surface area contributed by atoms with E-state index < -0.39 is 5.97 Å². The molecule has 3 rings (SSSR count). The summed E-state index contributed by atoms with van der Waals surface area (Å²) >= 11 is 2.25. The molecule has 0 aliphatic heterocycles. The van der Waals surface area contributed by atoms with Crippen LogP contribution in [0.25, 0.3) is 11.0 Å². The number of nitrogens with one attached hydrogen (secondary N) is 1. The first-order valence-corrected chi connectivity index (χ1v) is 8.62. The number of aromatic nitrogens is 2. The molecule has 0 amide bonds. The van der Waals surface area contributed by atoms with Gasteiger partial charge in [0.1, 0.15) is 5.56 Å². The highest BCUT2D eigenvalue weighted by Gasteiger charge is 2.17. The second kappa shape index (κ2) is 8.44. The van der Waals surface area contributed by atoms with Crippen LogP contribution in [0.4, 0.5) is 11.4 Å². The number of hydrogen-bond donors (Lipinski definition) is 1. The van der Waals surface area contributed by atoms with Gasteiger partial charge in [0.2, 0.25) is 0 Å². The summed E-state index contributed by atoms with van der Waals surface area (Å²) in [5.74, 6) is -0.402. The number of aryl methyl sites for hydroxylation is 1. The summed E-state index contributed by atoms with van der Waals surface area (Å²) in [6.45, 7) is 4.00. The van der Waals surface area contributed by atoms with E-state index in [0.29, 0.717) is 23.5 Å². The van der Waals surface area contributed by atoms with Crippen molar-refractivity contribution in [3.8, 4) is 0 Å². The number of carbonyl (C=O) groups is 1. The molecule has 1 aromatic carbocycles. The van der Waals surface area contributed by atoms with Gasteiger partial charge in [-0.15, -0.1) is 12.4 Å². The van der Waals surface area contributed by atoms with E-state index in [4.69, 9.17) is 4.74 Å². The van der Waals surface area contributed by atoms with E-state index in [1.807, 2.05) is 43.3 Å². The van der Waals surface area contributed by atoms with E-state index in [-0.39, 0.29) is 12.4 Å². The van der Waals surface area contributed by atoms with Crippen molar-refractivity contribution in [1.29, 1.82) is 0 Å². The van der Waals surface area contributed by atoms with Crippen molar-refractivity contribution in [2.24, 2.45) is 0 Å². The number of esters is 1. The Morgan fingerprint density at radius 2 is 1.92 bits per heavy atom. The lowest BCUT2D eigenvalue weighted by Crippen LogP contribution is -2.09. The van der Waals surface area contributed by atoms with E-state index >= 15 is 0 Å². The predicted molar refractivity (Wildman–Crippen MR) is 110 cm³/mol. The Bertz CT molecular complexity index is 901. The van der Waals surface area contributed by atoms with E-state index in [1.54, 1.807) is 6.92 Å². The van der Waals surface area contributed by atoms with Crippen LogP contribution in [0.1, 0.15) is 23.0 Å². The van der Waals surface area contributed by atoms with Gasteiger partial charge in [0.15, 0.2) is 5.65 Å². The van der Waals surface area contributed by atoms with Crippen LogP contribution in [0, 0.1) is 10.5 Å². The summed E-state index contributed by atoms with van der Waals surface area (Å²) in [5, 5.41) is 4.10. The molecule has 0 fully saturated rings. The largest absolute Gasteiger partial charge is 0.462 e. The average Bonchev–Trinajstić information content (AvgIpc) is 2.57. The lowest BCUT2D eigenvalue weighted by molar-refractivity contribution is 0.0527. The maximum atomic E-state index is 12.3. The van der Waals surface area contributed by atoms with E-state index in [0.717, 1.165) is 20.3 Å². The topological polar surface area (TPSA) is 64.1 Å². The van der Waals surface area contributed by atoms with Crippen LogP contribution in [-0.2, 0) is 4.74 Å². The third kappa shape index (κ3) is 4.38. The smallest absolute Gasteiger partial charge is 0.341 e. The van der Waals surface area contributed by atoms with Crippen molar-refractivity contribution in [2.45, 2.75) is 13.8 Å². The first-order valence-electron chi connectivity index (χ1n) is 7.54. The van der Waals surface area contributed by atoms with Gasteiger partial charge in [-0.05, 0) is 72.8 Å². The fraction of sp³-hybridized carbons (Fsp3) is 0.167. The minimum Gasteiger partial charge on any atom is -0.462 e. The normalized spacial score (nSPS) is 10.2. The van der Waals surface area contributed by atoms with Crippen LogP contribution in [-0.4, -0.2) is 22.5 Å². The molecule has 0 radical (unpaired) electrons. The van der Waals surface area contributed by atoms with Gasteiger partial charge in [-0.2, -0.15) is 0 Å². The van der Waals surface area contributed by atoms with Crippen molar-refractivity contribution < 1.29 is 9.53 Å². The lowest BCUT2D eigenvalue weighted by Gasteiger charge is -2.14. The van der Waals surface area contributed by atoms with Gasteiger partial charge in [0.05, 0.1) is 12.3 Å². The molecule has 1 N–H and O–H groups in total. The number of halogens is 2. The SMILES string of the molecule is CCOC(=O)c1cnc2nc(C)ccc2c1Nc1ccc(I)cc1.Cl. The van der Waals surface area contributed by atoms with Gasteiger partial charge in [0, 0.05) is 26.5 Å². The minimum absolute atomic E-state index is 0. The van der Waals surface area contributed by atoms with Crippen LogP contribution in [0.5, 0.6) is 0 Å². The fourth-order valence-electron chi connectivity index (χ4n) is 2.35. The lowest BCUT2D eigenvalue weighted by atomic mass is 10.1. The zero-order valence-corrected chi connectivity index (χ0v) is 16.7. The number of benzene rings is 1. The number of hydrogen-bond acceptors (Lipinski definition) is 5. The van der Waals surface area contributed by atoms with Crippen molar-refractivity contribution in [3.05, 3.63) is 57.4 Å². The number of pyridine rings is 2. The van der Waals surface area contributed by atoms with Crippen LogP contribution >= 0.6 is 35.0 Å². The maximum absolute atomic E-state index is 12.3. The highest BCUT2D eigenvalue weighted by Crippen LogP contribution is 2.29. The molecule has 0 atom stereocenters. The summed E-state index contributed by atoms with van der Waals surface area (Å²) in [6, 6.07) is 11.7. The Kier molecular flexibility index (Phi) is 6.55. The molecule has 25 heavy (non-hydrogen) atoms. The summed E-state index contributed by atoms with van der Waals surface area (Å²) in [6.07, 6.45) is 1.52. The molecular formula is C18H17ClIN3O2. The second-order valence-electron chi connectivity index (χ2n) is 5.22. The molecule has 2 heterocycles. The van der Waals surface area contributed by atoms with E-state index in [2.05, 4.69) is 37.9 Å². The van der Waals surface area contributed by atoms with Gasteiger partial charge in [-0.3, -0.25) is 0 Å². The Hall–Kier alpha value is -1.93. The number of fused-ring (bicyclic) bond motifs is 1. The second-order valence-corrected chi connectivity index (χ2v) is 6.47. The third-order valence-corrected chi connectivity index (χ3v) is 4.20. The zero-order valence-electron chi connectivity index (χ0n) is 13.7. The summed E-state index contributed by atoms with van der Waals surface area (Å²) in [7, 11) is 0. The van der Waals surface area contributed by atoms with E-state index in [9.17, 15) is 4.79 Å². The van der Waals surface area contributed by atoms with Crippen LogP contribution in [0.2, 0.25) is 0 Å². The highest BCUT2D eigenvalue weighted by atomic mass is 127. The predicted octanol–water partition coefficient (Wildman–Crippen LogP) is 4.88. The molecule has 0 aliphatic rings. The molecule has 130 valence electrons. The molecule has 0 saturated heterocycles. The molecule has 0 unspecified atom stereocenters. The molecule has 3 aromatic rings. The molecule has 5 nitrogen and oxygen atoms in total. The van der Waals surface area contributed by atoms with Gasteiger partial charge in [-0.25, -0.2) is 14.8 Å². The number of ether oxygens (including phenoxy) is 1. The highest BCUT2D eigenvalue weighted by molar-refractivity contribution is 14.1. The van der Waals surface area contributed by atoms with Crippen LogP contribution < -0.4 is 5.32 Å². The van der Waals surface area contributed by atoms with Gasteiger partial charge in [-0.1, -0.05) is 0 Å². The Balaban J connectivity index is 0.00000225. The van der Waals surface area contributed by atoms with Gasteiger partial charge in [0.25, 0.3) is 0 Å². The molecule has 0 aliphatic carbocycles. The van der Waals surface area contributed by atoms with Crippen molar-refractivity contribution in [2.75, 3.05) is 11.9 Å². The monoisotopic (exact) mass is 469 g/mol. The molecule has 0 bridgehead atoms. The number of nitrogens with zero attached hydrogens (tertiary/aromatic N) is 2. The number of anilines is 2. The Morgan fingerprint density at radius 3 is 2.60 bits per heavy atom. The molecule has 2 aromatic heterocycles. The Morgan fingerprint density at radius 1 is 1.20 bits per heavy atom. The van der Waals surface area contributed by atoms with Crippen molar-refractivity contribution in [1.82, 2.24) is 9.97 Å². The molecule has 7 heteroatoms. The maximum Gasteiger partial charge on any atom is 0.341 e. The van der Waals surface area contributed by atoms with Crippen molar-refractivity contribution >= 4 is 63.4 Å². The first-order chi connectivity index (χ1) is 11.6. The van der Waals surface area contributed by atoms with Crippen molar-refractivity contribution in [3.63, 3.8) is 0 Å². The molecular weight excluding hydrogens is 453 g/mol. The summed E-state index contributed by atoms with van der Waals surface area (Å²) in [5.41, 5.74) is 3.41. The zero-order chi connectivity index (χ0) is 17.1. The van der Waals surface area contributed by atoms with Gasteiger partial charge < -0.3 is 10.1 Å². The minimum atomic E-state index is -0.402. The van der Waals surface area contributed by atoms with Crippen LogP contribution in [0.15, 0.2) is 42.6 Å². The molecule has 0 spiro atoms. The van der Waals surface area contributed by atoms with E-state index in [1.165, 1.54) is 6.20 Å².